The van der Waals surface area contributed by atoms with Crippen LogP contribution in [0.3, 0.4) is 0 Å². The van der Waals surface area contributed by atoms with E-state index in [1.54, 1.807) is 13.3 Å². The summed E-state index contributed by atoms with van der Waals surface area (Å²) in [6.07, 6.45) is 4.26. The van der Waals surface area contributed by atoms with E-state index in [0.29, 0.717) is 29.8 Å². The predicted octanol–water partition coefficient (Wildman–Crippen LogP) is 6.34. The number of aryl methyl sites for hydroxylation is 1. The number of ketones is 1. The number of aromatic nitrogens is 2. The maximum absolute atomic E-state index is 14.1. The summed E-state index contributed by atoms with van der Waals surface area (Å²) in [5, 5.41) is 1.80. The fourth-order valence-corrected chi connectivity index (χ4v) is 6.05. The zero-order valence-electron chi connectivity index (χ0n) is 21.4. The first-order valence-corrected chi connectivity index (χ1v) is 13.5. The Kier molecular flexibility index (Phi) is 7.17. The number of thiazole rings is 1. The number of carbonyl (C=O) groups excluding carboxylic acids is 2. The molecule has 2 unspecified atom stereocenters. The van der Waals surface area contributed by atoms with E-state index in [0.717, 1.165) is 40.0 Å². The lowest BCUT2D eigenvalue weighted by Gasteiger charge is -2.44. The van der Waals surface area contributed by atoms with Crippen molar-refractivity contribution in [2.45, 2.75) is 51.2 Å². The molecule has 6 nitrogen and oxygen atoms in total. The number of carbonyl (C=O) groups is 2. The molecular weight excluding hydrogens is 482 g/mol. The van der Waals surface area contributed by atoms with Gasteiger partial charge in [0.2, 0.25) is 0 Å². The lowest BCUT2D eigenvalue weighted by atomic mass is 9.87. The summed E-state index contributed by atoms with van der Waals surface area (Å²) in [4.78, 5) is 39.1. The lowest BCUT2D eigenvalue weighted by molar-refractivity contribution is -0.0598. The summed E-state index contributed by atoms with van der Waals surface area (Å²) >= 11 is 1.43. The zero-order valence-corrected chi connectivity index (χ0v) is 22.3. The molecule has 0 aliphatic carbocycles. The van der Waals surface area contributed by atoms with Crippen molar-refractivity contribution < 1.29 is 14.3 Å². The molecule has 7 heteroatoms. The van der Waals surface area contributed by atoms with Crippen LogP contribution >= 0.6 is 11.3 Å². The van der Waals surface area contributed by atoms with E-state index in [-0.39, 0.29) is 17.7 Å². The minimum atomic E-state index is -0.428. The average Bonchev–Trinajstić information content (AvgIpc) is 3.33. The van der Waals surface area contributed by atoms with Gasteiger partial charge < -0.3 is 9.64 Å². The third-order valence-electron chi connectivity index (χ3n) is 7.32. The van der Waals surface area contributed by atoms with Crippen molar-refractivity contribution in [3.05, 3.63) is 82.3 Å². The van der Waals surface area contributed by atoms with E-state index < -0.39 is 5.60 Å². The van der Waals surface area contributed by atoms with Crippen LogP contribution in [0.2, 0.25) is 0 Å². The highest BCUT2D eigenvalue weighted by atomic mass is 32.1. The second-order valence-corrected chi connectivity index (χ2v) is 11.1. The number of rotatable bonds is 7. The van der Waals surface area contributed by atoms with Crippen LogP contribution in [-0.2, 0) is 4.74 Å². The molecule has 1 saturated heterocycles. The fourth-order valence-electron chi connectivity index (χ4n) is 5.16. The Bertz CT molecular complexity index is 1430. The highest BCUT2D eigenvalue weighted by Gasteiger charge is 2.40. The number of ether oxygens (including phenoxy) is 1. The topological polar surface area (TPSA) is 72.4 Å². The molecule has 0 radical (unpaired) electrons. The minimum Gasteiger partial charge on any atom is -0.377 e. The van der Waals surface area contributed by atoms with Gasteiger partial charge >= 0.3 is 0 Å². The second-order valence-electron chi connectivity index (χ2n) is 9.90. The Balaban J connectivity index is 1.41. The number of amides is 1. The van der Waals surface area contributed by atoms with Crippen LogP contribution in [0.15, 0.2) is 66.9 Å². The van der Waals surface area contributed by atoms with Crippen LogP contribution in [0, 0.1) is 6.92 Å². The van der Waals surface area contributed by atoms with Crippen molar-refractivity contribution in [2.75, 3.05) is 13.7 Å². The van der Waals surface area contributed by atoms with E-state index in [1.165, 1.54) is 11.3 Å². The normalized spacial score (nSPS) is 19.8. The molecule has 0 N–H and O–H groups in total. The monoisotopic (exact) mass is 513 g/mol. The maximum Gasteiger partial charge on any atom is 0.266 e. The van der Waals surface area contributed by atoms with Gasteiger partial charge in [0.25, 0.3) is 5.91 Å². The molecule has 1 aliphatic heterocycles. The van der Waals surface area contributed by atoms with Crippen molar-refractivity contribution >= 4 is 33.9 Å². The molecule has 2 atom stereocenters. The molecule has 1 aliphatic rings. The molecule has 1 amide bonds. The van der Waals surface area contributed by atoms with Crippen molar-refractivity contribution in [3.63, 3.8) is 0 Å². The van der Waals surface area contributed by atoms with Gasteiger partial charge in [-0.2, -0.15) is 0 Å². The van der Waals surface area contributed by atoms with Crippen molar-refractivity contribution in [1.82, 2.24) is 14.9 Å². The van der Waals surface area contributed by atoms with E-state index in [1.807, 2.05) is 79.4 Å². The van der Waals surface area contributed by atoms with Gasteiger partial charge in [-0.25, -0.2) is 4.98 Å². The van der Waals surface area contributed by atoms with Crippen LogP contribution in [0.25, 0.3) is 22.2 Å². The first kappa shape index (κ1) is 25.2. The van der Waals surface area contributed by atoms with Gasteiger partial charge in [-0.05, 0) is 45.2 Å². The zero-order chi connectivity index (χ0) is 26.0. The minimum absolute atomic E-state index is 0.0447. The number of pyridine rings is 1. The van der Waals surface area contributed by atoms with Gasteiger partial charge in [0.05, 0.1) is 28.4 Å². The number of benzene rings is 2. The SMILES string of the molecule is COC1(C)CCC(CCC(=O)c2cccc3cccnc23)N(C(=O)c2sc(C)nc2-c2ccccc2)C1. The number of hydrogen-bond donors (Lipinski definition) is 0. The van der Waals surface area contributed by atoms with E-state index in [9.17, 15) is 9.59 Å². The smallest absolute Gasteiger partial charge is 0.266 e. The standard InChI is InChI=1S/C30H31N3O3S/c1-20-32-27(22-9-5-4-6-10-22)28(37-20)29(35)33-19-30(2,36-3)17-16-23(33)14-15-25(34)24-13-7-11-21-12-8-18-31-26(21)24/h4-13,18,23H,14-17,19H2,1-3H3. The summed E-state index contributed by atoms with van der Waals surface area (Å²) in [5.74, 6) is 0.00656. The van der Waals surface area contributed by atoms with Crippen LogP contribution in [0.4, 0.5) is 0 Å². The van der Waals surface area contributed by atoms with Gasteiger partial charge in [-0.15, -0.1) is 11.3 Å². The fraction of sp³-hybridized carbons (Fsp3) is 0.333. The second kappa shape index (κ2) is 10.5. The van der Waals surface area contributed by atoms with Gasteiger partial charge in [-0.3, -0.25) is 14.6 Å². The molecule has 0 spiro atoms. The quantitative estimate of drug-likeness (QED) is 0.270. The summed E-state index contributed by atoms with van der Waals surface area (Å²) in [6, 6.07) is 19.3. The number of methoxy groups -OCH3 is 1. The largest absolute Gasteiger partial charge is 0.377 e. The molecule has 5 rings (SSSR count). The number of fused-ring (bicyclic) bond motifs is 1. The van der Waals surface area contributed by atoms with Gasteiger partial charge in [0.1, 0.15) is 4.88 Å². The Hall–Kier alpha value is -3.42. The number of piperidine rings is 1. The Labute approximate surface area is 221 Å². The summed E-state index contributed by atoms with van der Waals surface area (Å²) in [7, 11) is 1.70. The summed E-state index contributed by atoms with van der Waals surface area (Å²) in [6.45, 7) is 4.45. The number of hydrogen-bond acceptors (Lipinski definition) is 6. The van der Waals surface area contributed by atoms with Crippen LogP contribution in [0.1, 0.15) is 57.6 Å². The maximum atomic E-state index is 14.1. The Morgan fingerprint density at radius 2 is 1.89 bits per heavy atom. The first-order valence-electron chi connectivity index (χ1n) is 12.6. The molecule has 4 aromatic rings. The number of nitrogens with zero attached hydrogens (tertiary/aromatic N) is 3. The van der Waals surface area contributed by atoms with Gasteiger partial charge in [-0.1, -0.05) is 48.5 Å². The number of likely N-dealkylation sites (tertiary alicyclic amines) is 1. The van der Waals surface area contributed by atoms with Crippen LogP contribution in [0.5, 0.6) is 0 Å². The predicted molar refractivity (Wildman–Crippen MR) is 147 cm³/mol. The summed E-state index contributed by atoms with van der Waals surface area (Å²) in [5.41, 5.74) is 2.58. The molecule has 2 aromatic carbocycles. The summed E-state index contributed by atoms with van der Waals surface area (Å²) < 4.78 is 5.83. The van der Waals surface area contributed by atoms with Crippen molar-refractivity contribution in [3.8, 4) is 11.3 Å². The molecule has 2 aromatic heterocycles. The highest BCUT2D eigenvalue weighted by molar-refractivity contribution is 7.14. The van der Waals surface area contributed by atoms with E-state index >= 15 is 0 Å². The highest BCUT2D eigenvalue weighted by Crippen LogP contribution is 2.35. The number of para-hydroxylation sites is 1. The molecule has 0 bridgehead atoms. The molecule has 0 saturated carbocycles. The molecule has 190 valence electrons. The van der Waals surface area contributed by atoms with Crippen molar-refractivity contribution in [1.29, 1.82) is 0 Å². The third kappa shape index (κ3) is 5.20. The Morgan fingerprint density at radius 1 is 1.11 bits per heavy atom. The molecule has 1 fully saturated rings. The van der Waals surface area contributed by atoms with Gasteiger partial charge in [0.15, 0.2) is 5.78 Å². The van der Waals surface area contributed by atoms with Crippen LogP contribution in [-0.4, -0.2) is 51.9 Å². The number of Topliss-reactive ketones (excluding diaryl/α,β-unsaturated/α-hetero) is 1. The van der Waals surface area contributed by atoms with Crippen molar-refractivity contribution in [2.24, 2.45) is 0 Å². The van der Waals surface area contributed by atoms with Crippen LogP contribution < -0.4 is 0 Å². The van der Waals surface area contributed by atoms with E-state index in [2.05, 4.69) is 4.98 Å². The third-order valence-corrected chi connectivity index (χ3v) is 8.28. The van der Waals surface area contributed by atoms with Gasteiger partial charge in [0, 0.05) is 42.3 Å². The first-order chi connectivity index (χ1) is 17.9. The molecule has 3 heterocycles. The average molecular weight is 514 g/mol. The lowest BCUT2D eigenvalue weighted by Crippen LogP contribution is -2.54. The van der Waals surface area contributed by atoms with E-state index in [4.69, 9.17) is 9.72 Å². The Morgan fingerprint density at radius 3 is 2.68 bits per heavy atom. The molecular formula is C30H31N3O3S. The molecule has 37 heavy (non-hydrogen) atoms.